The van der Waals surface area contributed by atoms with Gasteiger partial charge in [0.1, 0.15) is 5.70 Å². The van der Waals surface area contributed by atoms with Crippen LogP contribution in [0.2, 0.25) is 0 Å². The number of aryl methyl sites for hydroxylation is 1. The van der Waals surface area contributed by atoms with Crippen molar-refractivity contribution in [3.8, 4) is 0 Å². The number of hydrogen-bond acceptors (Lipinski definition) is 4. The summed E-state index contributed by atoms with van der Waals surface area (Å²) in [6.07, 6.45) is 1.52. The maximum Gasteiger partial charge on any atom is 0.340 e. The molecular weight excluding hydrogens is 226 g/mol. The quantitative estimate of drug-likeness (QED) is 0.265. The molecule has 0 N–H and O–H groups in total. The van der Waals surface area contributed by atoms with Crippen molar-refractivity contribution in [1.29, 1.82) is 0 Å². The van der Waals surface area contributed by atoms with E-state index >= 15 is 0 Å². The number of rotatable bonds is 4. The number of ether oxygens (including phenoxy) is 1. The predicted octanol–water partition coefficient (Wildman–Crippen LogP) is 3.27. The highest BCUT2D eigenvalue weighted by atomic mass is 32.1. The van der Waals surface area contributed by atoms with Gasteiger partial charge in [0.05, 0.1) is 6.61 Å². The van der Waals surface area contributed by atoms with Gasteiger partial charge in [-0.1, -0.05) is 5.11 Å². The highest BCUT2D eigenvalue weighted by molar-refractivity contribution is 7.10. The van der Waals surface area contributed by atoms with E-state index in [-0.39, 0.29) is 12.3 Å². The van der Waals surface area contributed by atoms with Crippen LogP contribution in [-0.2, 0) is 9.53 Å². The molecule has 0 aliphatic carbocycles. The van der Waals surface area contributed by atoms with Crippen molar-refractivity contribution in [2.24, 2.45) is 5.11 Å². The molecule has 0 saturated heterocycles. The molecule has 1 aromatic rings. The summed E-state index contributed by atoms with van der Waals surface area (Å²) in [6.45, 7) is 3.90. The molecule has 0 aliphatic heterocycles. The van der Waals surface area contributed by atoms with Crippen LogP contribution in [-0.4, -0.2) is 12.6 Å². The van der Waals surface area contributed by atoms with Gasteiger partial charge in [-0.05, 0) is 42.5 Å². The number of azide groups is 1. The van der Waals surface area contributed by atoms with Crippen molar-refractivity contribution in [1.82, 2.24) is 0 Å². The van der Waals surface area contributed by atoms with Crippen molar-refractivity contribution in [3.63, 3.8) is 0 Å². The Morgan fingerprint density at radius 1 is 1.75 bits per heavy atom. The molecule has 6 heteroatoms. The van der Waals surface area contributed by atoms with Gasteiger partial charge in [-0.15, -0.1) is 11.3 Å². The molecule has 0 spiro atoms. The van der Waals surface area contributed by atoms with E-state index in [1.54, 1.807) is 18.3 Å². The average molecular weight is 237 g/mol. The zero-order valence-electron chi connectivity index (χ0n) is 9.01. The third-order valence-electron chi connectivity index (χ3n) is 1.69. The van der Waals surface area contributed by atoms with Crippen LogP contribution < -0.4 is 0 Å². The maximum atomic E-state index is 11.4. The number of carbonyl (C=O) groups is 1. The van der Waals surface area contributed by atoms with Crippen molar-refractivity contribution < 1.29 is 9.53 Å². The van der Waals surface area contributed by atoms with Crippen LogP contribution in [0.4, 0.5) is 0 Å². The summed E-state index contributed by atoms with van der Waals surface area (Å²) in [7, 11) is 0. The molecule has 16 heavy (non-hydrogen) atoms. The van der Waals surface area contributed by atoms with Crippen molar-refractivity contribution in [2.45, 2.75) is 13.8 Å². The third kappa shape index (κ3) is 3.42. The molecule has 0 aliphatic rings. The summed E-state index contributed by atoms with van der Waals surface area (Å²) in [4.78, 5) is 15.1. The Bertz CT molecular complexity index is 458. The minimum absolute atomic E-state index is 0.0258. The smallest absolute Gasteiger partial charge is 0.340 e. The minimum Gasteiger partial charge on any atom is -0.462 e. The van der Waals surface area contributed by atoms with Gasteiger partial charge < -0.3 is 4.74 Å². The molecule has 0 amide bonds. The van der Waals surface area contributed by atoms with Gasteiger partial charge in [0.2, 0.25) is 0 Å². The summed E-state index contributed by atoms with van der Waals surface area (Å²) in [5, 5.41) is 5.20. The molecule has 0 unspecified atom stereocenters. The van der Waals surface area contributed by atoms with Crippen LogP contribution in [0.1, 0.15) is 17.4 Å². The Morgan fingerprint density at radius 3 is 3.00 bits per heavy atom. The molecule has 84 valence electrons. The average Bonchev–Trinajstić information content (AvgIpc) is 2.64. The Hall–Kier alpha value is -1.78. The largest absolute Gasteiger partial charge is 0.462 e. The van der Waals surface area contributed by atoms with E-state index in [2.05, 4.69) is 10.0 Å². The van der Waals surface area contributed by atoms with E-state index < -0.39 is 5.97 Å². The third-order valence-corrected chi connectivity index (χ3v) is 2.57. The van der Waals surface area contributed by atoms with Crippen LogP contribution >= 0.6 is 11.3 Å². The first-order valence-electron chi connectivity index (χ1n) is 4.66. The lowest BCUT2D eigenvalue weighted by atomic mass is 10.2. The van der Waals surface area contributed by atoms with E-state index in [1.807, 2.05) is 18.4 Å². The second-order valence-corrected chi connectivity index (χ2v) is 4.05. The summed E-state index contributed by atoms with van der Waals surface area (Å²) < 4.78 is 4.77. The first-order chi connectivity index (χ1) is 7.67. The molecule has 0 aromatic carbocycles. The molecule has 1 rings (SSSR count). The van der Waals surface area contributed by atoms with E-state index in [0.717, 1.165) is 10.4 Å². The zero-order chi connectivity index (χ0) is 12.0. The fraction of sp³-hybridized carbons (Fsp3) is 0.300. The van der Waals surface area contributed by atoms with E-state index in [1.165, 1.54) is 6.08 Å². The Morgan fingerprint density at radius 2 is 2.50 bits per heavy atom. The maximum absolute atomic E-state index is 11.4. The molecule has 0 fully saturated rings. The SMILES string of the molecule is CCOC(=O)C(=Cc1csc(C)c1)N=[N+]=[N-]. The summed E-state index contributed by atoms with van der Waals surface area (Å²) >= 11 is 1.56. The lowest BCUT2D eigenvalue weighted by Crippen LogP contribution is -2.05. The Kier molecular flexibility index (Phi) is 4.57. The van der Waals surface area contributed by atoms with Crippen molar-refractivity contribution in [2.75, 3.05) is 6.61 Å². The number of nitrogens with zero attached hydrogens (tertiary/aromatic N) is 3. The van der Waals surface area contributed by atoms with Gasteiger partial charge >= 0.3 is 5.97 Å². The second kappa shape index (κ2) is 5.95. The minimum atomic E-state index is -0.607. The van der Waals surface area contributed by atoms with Gasteiger partial charge in [-0.3, -0.25) is 0 Å². The summed E-state index contributed by atoms with van der Waals surface area (Å²) in [6, 6.07) is 1.90. The summed E-state index contributed by atoms with van der Waals surface area (Å²) in [5.74, 6) is -0.607. The number of thiophene rings is 1. The van der Waals surface area contributed by atoms with Gasteiger partial charge in [0, 0.05) is 9.79 Å². The van der Waals surface area contributed by atoms with Crippen LogP contribution in [0.25, 0.3) is 16.5 Å². The number of hydrogen-bond donors (Lipinski definition) is 0. The van der Waals surface area contributed by atoms with E-state index in [9.17, 15) is 4.79 Å². The van der Waals surface area contributed by atoms with Gasteiger partial charge in [0.15, 0.2) is 0 Å². The summed E-state index contributed by atoms with van der Waals surface area (Å²) in [5.41, 5.74) is 9.15. The van der Waals surface area contributed by atoms with Crippen molar-refractivity contribution >= 4 is 23.4 Å². The highest BCUT2D eigenvalue weighted by Gasteiger charge is 2.08. The van der Waals surface area contributed by atoms with Gasteiger partial charge in [-0.25, -0.2) is 4.79 Å². The van der Waals surface area contributed by atoms with Crippen LogP contribution in [0.3, 0.4) is 0 Å². The highest BCUT2D eigenvalue weighted by Crippen LogP contribution is 2.17. The number of carbonyl (C=O) groups excluding carboxylic acids is 1. The van der Waals surface area contributed by atoms with Gasteiger partial charge in [0.25, 0.3) is 0 Å². The molecule has 0 saturated carbocycles. The lowest BCUT2D eigenvalue weighted by Gasteiger charge is -1.99. The lowest BCUT2D eigenvalue weighted by molar-refractivity contribution is -0.138. The van der Waals surface area contributed by atoms with Crippen LogP contribution in [0.5, 0.6) is 0 Å². The number of esters is 1. The molecule has 1 aromatic heterocycles. The van der Waals surface area contributed by atoms with Crippen molar-refractivity contribution in [3.05, 3.63) is 38.0 Å². The second-order valence-electron chi connectivity index (χ2n) is 2.93. The molecule has 0 radical (unpaired) electrons. The molecule has 0 atom stereocenters. The molecule has 5 nitrogen and oxygen atoms in total. The van der Waals surface area contributed by atoms with E-state index in [4.69, 9.17) is 10.3 Å². The van der Waals surface area contributed by atoms with Crippen LogP contribution in [0.15, 0.2) is 22.3 Å². The predicted molar refractivity (Wildman–Crippen MR) is 62.8 cm³/mol. The first-order valence-corrected chi connectivity index (χ1v) is 5.54. The Balaban J connectivity index is 2.97. The van der Waals surface area contributed by atoms with Crippen LogP contribution in [0, 0.1) is 6.92 Å². The topological polar surface area (TPSA) is 75.1 Å². The molecule has 0 bridgehead atoms. The monoisotopic (exact) mass is 237 g/mol. The van der Waals surface area contributed by atoms with E-state index in [0.29, 0.717) is 0 Å². The molecule has 1 heterocycles. The van der Waals surface area contributed by atoms with Gasteiger partial charge in [-0.2, -0.15) is 0 Å². The Labute approximate surface area is 97.0 Å². The molecular formula is C10H11N3O2S. The normalized spacial score (nSPS) is 10.8. The first kappa shape index (κ1) is 12.3. The standard InChI is InChI=1S/C10H11N3O2S/c1-3-15-10(14)9(12-13-11)5-8-4-7(2)16-6-8/h4-6H,3H2,1-2H3. The zero-order valence-corrected chi connectivity index (χ0v) is 9.82. The fourth-order valence-corrected chi connectivity index (χ4v) is 1.74. The fourth-order valence-electron chi connectivity index (χ4n) is 1.08.